The molecule has 1 unspecified atom stereocenters. The number of nitrogens with one attached hydrogen (secondary N) is 3. The second-order valence-corrected chi connectivity index (χ2v) is 9.18. The van der Waals surface area contributed by atoms with Gasteiger partial charge in [0.1, 0.15) is 5.75 Å². The van der Waals surface area contributed by atoms with Gasteiger partial charge in [-0.2, -0.15) is 0 Å². The first-order chi connectivity index (χ1) is 16.6. The Bertz CT molecular complexity index is 1210. The van der Waals surface area contributed by atoms with E-state index in [0.717, 1.165) is 59.0 Å². The summed E-state index contributed by atoms with van der Waals surface area (Å²) in [6.07, 6.45) is 4.91. The normalized spacial score (nSPS) is 16.7. The lowest BCUT2D eigenvalue weighted by Gasteiger charge is -2.15. The van der Waals surface area contributed by atoms with Gasteiger partial charge in [0.05, 0.1) is 18.9 Å². The minimum atomic E-state index is -0.886. The van der Waals surface area contributed by atoms with Crippen molar-refractivity contribution in [3.8, 4) is 5.75 Å². The summed E-state index contributed by atoms with van der Waals surface area (Å²) in [5.41, 5.74) is 3.13. The number of hydrogen-bond donors (Lipinski definition) is 4. The lowest BCUT2D eigenvalue weighted by atomic mass is 10.0. The van der Waals surface area contributed by atoms with Crippen LogP contribution in [0, 0.1) is 0 Å². The maximum absolute atomic E-state index is 12.6. The van der Waals surface area contributed by atoms with Crippen LogP contribution in [0.3, 0.4) is 0 Å². The molecule has 2 fully saturated rings. The molecule has 34 heavy (non-hydrogen) atoms. The molecule has 0 radical (unpaired) electrons. The summed E-state index contributed by atoms with van der Waals surface area (Å²) in [6.45, 7) is 0.585. The van der Waals surface area contributed by atoms with Crippen LogP contribution < -0.4 is 20.7 Å². The standard InChI is InChI=1S/C28H31N3O3/c1-34-27-15-19-6-3-2-5-18(19)13-21(27)17-29-24-8-4-7-20(14-24)26(32)16-25(30-22-9-10-22)28(33)31-23-11-12-23/h2-8,13-16,22-23,26,29-30,32H,9-12,17H2,1H3,(H,31,33)/b25-16+. The summed E-state index contributed by atoms with van der Waals surface area (Å²) >= 11 is 0. The second kappa shape index (κ2) is 9.77. The van der Waals surface area contributed by atoms with Crippen LogP contribution in [0.4, 0.5) is 5.69 Å². The summed E-state index contributed by atoms with van der Waals surface area (Å²) < 4.78 is 5.61. The number of carbonyl (C=O) groups is 1. The molecule has 6 nitrogen and oxygen atoms in total. The predicted molar refractivity (Wildman–Crippen MR) is 135 cm³/mol. The van der Waals surface area contributed by atoms with Gasteiger partial charge in [-0.3, -0.25) is 4.79 Å². The molecule has 0 spiro atoms. The molecule has 5 rings (SSSR count). The Morgan fingerprint density at radius 1 is 1.00 bits per heavy atom. The topological polar surface area (TPSA) is 82.6 Å². The van der Waals surface area contributed by atoms with Crippen LogP contribution in [0.2, 0.25) is 0 Å². The van der Waals surface area contributed by atoms with Gasteiger partial charge in [0.2, 0.25) is 0 Å². The van der Waals surface area contributed by atoms with Crippen LogP contribution in [-0.4, -0.2) is 30.2 Å². The number of ether oxygens (including phenoxy) is 1. The third-order valence-electron chi connectivity index (χ3n) is 6.28. The van der Waals surface area contributed by atoms with Gasteiger partial charge in [-0.05, 0) is 72.4 Å². The zero-order chi connectivity index (χ0) is 23.5. The van der Waals surface area contributed by atoms with Crippen molar-refractivity contribution in [1.29, 1.82) is 0 Å². The number of methoxy groups -OCH3 is 1. The van der Waals surface area contributed by atoms with E-state index in [2.05, 4.69) is 40.2 Å². The number of anilines is 1. The Kier molecular flexibility index (Phi) is 6.41. The predicted octanol–water partition coefficient (Wildman–Crippen LogP) is 4.41. The Morgan fingerprint density at radius 2 is 1.71 bits per heavy atom. The summed E-state index contributed by atoms with van der Waals surface area (Å²) in [4.78, 5) is 12.6. The van der Waals surface area contributed by atoms with Crippen molar-refractivity contribution in [1.82, 2.24) is 10.6 Å². The van der Waals surface area contributed by atoms with Crippen LogP contribution in [0.1, 0.15) is 42.9 Å². The number of carbonyl (C=O) groups excluding carboxylic acids is 1. The highest BCUT2D eigenvalue weighted by molar-refractivity contribution is 5.93. The molecule has 1 amide bonds. The number of benzene rings is 3. The smallest absolute Gasteiger partial charge is 0.267 e. The van der Waals surface area contributed by atoms with Crippen molar-refractivity contribution in [2.75, 3.05) is 12.4 Å². The highest BCUT2D eigenvalue weighted by atomic mass is 16.5. The molecule has 176 valence electrons. The molecule has 6 heteroatoms. The van der Waals surface area contributed by atoms with E-state index in [1.165, 1.54) is 0 Å². The molecule has 2 aliphatic rings. The van der Waals surface area contributed by atoms with Crippen LogP contribution >= 0.6 is 0 Å². The van der Waals surface area contributed by atoms with E-state index >= 15 is 0 Å². The van der Waals surface area contributed by atoms with Crippen molar-refractivity contribution in [2.45, 2.75) is 50.4 Å². The van der Waals surface area contributed by atoms with E-state index in [1.807, 2.05) is 36.4 Å². The number of aliphatic hydroxyl groups excluding tert-OH is 1. The molecule has 0 aliphatic heterocycles. The number of rotatable bonds is 10. The third-order valence-corrected chi connectivity index (χ3v) is 6.28. The van der Waals surface area contributed by atoms with E-state index < -0.39 is 6.10 Å². The fraction of sp³-hybridized carbons (Fsp3) is 0.321. The molecule has 2 saturated carbocycles. The molecule has 4 N–H and O–H groups in total. The quantitative estimate of drug-likeness (QED) is 0.339. The maximum atomic E-state index is 12.6. The van der Waals surface area contributed by atoms with Gasteiger partial charge in [0.25, 0.3) is 5.91 Å². The van der Waals surface area contributed by atoms with Crippen LogP contribution in [0.5, 0.6) is 5.75 Å². The fourth-order valence-corrected chi connectivity index (χ4v) is 4.01. The summed E-state index contributed by atoms with van der Waals surface area (Å²) in [7, 11) is 1.68. The van der Waals surface area contributed by atoms with Crippen molar-refractivity contribution in [3.05, 3.63) is 83.6 Å². The Hall–Kier alpha value is -3.51. The van der Waals surface area contributed by atoms with Crippen LogP contribution in [0.15, 0.2) is 72.4 Å². The number of amides is 1. The number of aliphatic hydroxyl groups is 1. The van der Waals surface area contributed by atoms with Crippen molar-refractivity contribution in [3.63, 3.8) is 0 Å². The number of fused-ring (bicyclic) bond motifs is 1. The van der Waals surface area contributed by atoms with Gasteiger partial charge < -0.3 is 25.8 Å². The van der Waals surface area contributed by atoms with E-state index in [9.17, 15) is 9.90 Å². The minimum absolute atomic E-state index is 0.133. The summed E-state index contributed by atoms with van der Waals surface area (Å²) in [5, 5.41) is 22.9. The van der Waals surface area contributed by atoms with E-state index in [0.29, 0.717) is 18.3 Å². The summed E-state index contributed by atoms with van der Waals surface area (Å²) in [6, 6.07) is 20.7. The first kappa shape index (κ1) is 22.3. The molecule has 0 saturated heterocycles. The molecule has 3 aromatic rings. The lowest BCUT2D eigenvalue weighted by Crippen LogP contribution is -2.34. The van der Waals surface area contributed by atoms with Gasteiger partial charge in [-0.25, -0.2) is 0 Å². The average Bonchev–Trinajstić information content (AvgIpc) is 3.79. The lowest BCUT2D eigenvalue weighted by molar-refractivity contribution is -0.118. The zero-order valence-corrected chi connectivity index (χ0v) is 19.4. The monoisotopic (exact) mass is 457 g/mol. The van der Waals surface area contributed by atoms with Crippen molar-refractivity contribution in [2.24, 2.45) is 0 Å². The van der Waals surface area contributed by atoms with Crippen LogP contribution in [-0.2, 0) is 11.3 Å². The first-order valence-electron chi connectivity index (χ1n) is 12.0. The Balaban J connectivity index is 1.30. The Labute approximate surface area is 200 Å². The Morgan fingerprint density at radius 3 is 2.41 bits per heavy atom. The molecular formula is C28H31N3O3. The first-order valence-corrected chi connectivity index (χ1v) is 12.0. The van der Waals surface area contributed by atoms with Crippen molar-refractivity contribution < 1.29 is 14.6 Å². The summed E-state index contributed by atoms with van der Waals surface area (Å²) in [5.74, 6) is 0.703. The third kappa shape index (κ3) is 5.51. The highest BCUT2D eigenvalue weighted by Crippen LogP contribution is 2.28. The van der Waals surface area contributed by atoms with Gasteiger partial charge in [0, 0.05) is 29.9 Å². The maximum Gasteiger partial charge on any atom is 0.267 e. The molecule has 0 aromatic heterocycles. The minimum Gasteiger partial charge on any atom is -0.496 e. The van der Waals surface area contributed by atoms with Gasteiger partial charge >= 0.3 is 0 Å². The fourth-order valence-electron chi connectivity index (χ4n) is 4.01. The van der Waals surface area contributed by atoms with Gasteiger partial charge in [-0.1, -0.05) is 36.4 Å². The largest absolute Gasteiger partial charge is 0.496 e. The molecule has 0 heterocycles. The van der Waals surface area contributed by atoms with E-state index in [-0.39, 0.29) is 11.9 Å². The second-order valence-electron chi connectivity index (χ2n) is 9.18. The molecular weight excluding hydrogens is 426 g/mol. The number of hydrogen-bond acceptors (Lipinski definition) is 5. The van der Waals surface area contributed by atoms with Gasteiger partial charge in [-0.15, -0.1) is 0 Å². The molecule has 0 bridgehead atoms. The molecule has 3 aromatic carbocycles. The molecule has 2 aliphatic carbocycles. The van der Waals surface area contributed by atoms with Crippen molar-refractivity contribution >= 4 is 22.4 Å². The average molecular weight is 458 g/mol. The van der Waals surface area contributed by atoms with Gasteiger partial charge in [0.15, 0.2) is 0 Å². The molecule has 1 atom stereocenters. The van der Waals surface area contributed by atoms with E-state index in [1.54, 1.807) is 13.2 Å². The SMILES string of the molecule is COc1cc2ccccc2cc1CNc1cccc(C(O)/C=C(/NC2CC2)C(=O)NC2CC2)c1. The zero-order valence-electron chi connectivity index (χ0n) is 19.4. The van der Waals surface area contributed by atoms with Crippen LogP contribution in [0.25, 0.3) is 10.8 Å². The highest BCUT2D eigenvalue weighted by Gasteiger charge is 2.28. The van der Waals surface area contributed by atoms with E-state index in [4.69, 9.17) is 4.74 Å².